The van der Waals surface area contributed by atoms with E-state index in [2.05, 4.69) is 0 Å². The van der Waals surface area contributed by atoms with Crippen molar-refractivity contribution in [2.24, 2.45) is 0 Å². The molecular weight excluding hydrogens is 285 g/mol. The Bertz CT molecular complexity index is 453. The minimum absolute atomic E-state index is 0.265. The van der Waals surface area contributed by atoms with E-state index in [0.717, 1.165) is 0 Å². The highest BCUT2D eigenvalue weighted by molar-refractivity contribution is 8.14. The molecule has 1 aromatic rings. The molecule has 0 fully saturated rings. The first-order chi connectivity index (χ1) is 7.93. The summed E-state index contributed by atoms with van der Waals surface area (Å²) in [5.74, 6) is -1.34. The number of thioether (sulfide) groups is 1. The molecule has 1 N–H and O–H groups in total. The second kappa shape index (κ2) is 6.14. The van der Waals surface area contributed by atoms with Crippen LogP contribution in [0.1, 0.15) is 0 Å². The van der Waals surface area contributed by atoms with Crippen molar-refractivity contribution in [2.75, 3.05) is 17.7 Å². The number of hydrogen-bond donors (Lipinski definition) is 1. The second-order valence-corrected chi connectivity index (χ2v) is 4.79. The summed E-state index contributed by atoms with van der Waals surface area (Å²) in [7, 11) is 1.51. The number of carboxylic acids is 1. The Morgan fingerprint density at radius 2 is 2.06 bits per heavy atom. The van der Waals surface area contributed by atoms with Gasteiger partial charge < -0.3 is 10.0 Å². The van der Waals surface area contributed by atoms with Gasteiger partial charge in [0.1, 0.15) is 5.75 Å². The van der Waals surface area contributed by atoms with Crippen molar-refractivity contribution in [3.05, 3.63) is 28.2 Å². The van der Waals surface area contributed by atoms with Crippen molar-refractivity contribution in [2.45, 2.75) is 0 Å². The van der Waals surface area contributed by atoms with E-state index in [0.29, 0.717) is 22.5 Å². The summed E-state index contributed by atoms with van der Waals surface area (Å²) < 4.78 is 0. The van der Waals surface area contributed by atoms with Crippen LogP contribution in [0.15, 0.2) is 18.2 Å². The molecule has 0 radical (unpaired) electrons. The first-order valence-electron chi connectivity index (χ1n) is 4.49. The number of hydrogen-bond acceptors (Lipinski definition) is 3. The van der Waals surface area contributed by atoms with Crippen LogP contribution in [0.4, 0.5) is 10.5 Å². The molecular formula is C10H9Cl2NO3S. The number of carbonyl (C=O) groups excluding carboxylic acids is 1. The number of halogens is 2. The molecule has 0 saturated carbocycles. The van der Waals surface area contributed by atoms with Gasteiger partial charge in [-0.25, -0.2) is 0 Å². The summed E-state index contributed by atoms with van der Waals surface area (Å²) >= 11 is 12.5. The van der Waals surface area contributed by atoms with Crippen LogP contribution in [-0.2, 0) is 4.79 Å². The molecule has 0 saturated heterocycles. The van der Waals surface area contributed by atoms with Gasteiger partial charge in [0.05, 0.1) is 15.7 Å². The molecule has 0 aliphatic heterocycles. The number of carbonyl (C=O) groups is 2. The fourth-order valence-corrected chi connectivity index (χ4v) is 2.03. The fraction of sp³-hybridized carbons (Fsp3) is 0.200. The normalized spacial score (nSPS) is 10.1. The second-order valence-electron chi connectivity index (χ2n) is 3.08. The number of anilines is 1. The molecule has 92 valence electrons. The van der Waals surface area contributed by atoms with E-state index < -0.39 is 11.2 Å². The number of carboxylic acid groups (broad SMARTS) is 1. The first kappa shape index (κ1) is 14.2. The number of rotatable bonds is 3. The molecule has 1 rings (SSSR count). The van der Waals surface area contributed by atoms with E-state index in [1.165, 1.54) is 11.9 Å². The van der Waals surface area contributed by atoms with Gasteiger partial charge in [-0.15, -0.1) is 0 Å². The zero-order chi connectivity index (χ0) is 13.0. The van der Waals surface area contributed by atoms with Gasteiger partial charge in [0.15, 0.2) is 0 Å². The van der Waals surface area contributed by atoms with E-state index in [-0.39, 0.29) is 10.8 Å². The standard InChI is InChI=1S/C10H9Cl2NO3S/c1-13(10(16)17-5-8(14)15)7-4-2-3-6(11)9(7)12/h2-4H,5H2,1H3,(H,14,15). The maximum atomic E-state index is 11.6. The van der Waals surface area contributed by atoms with Crippen LogP contribution in [0.2, 0.25) is 10.0 Å². The topological polar surface area (TPSA) is 57.6 Å². The minimum Gasteiger partial charge on any atom is -0.481 e. The molecule has 4 nitrogen and oxygen atoms in total. The van der Waals surface area contributed by atoms with Gasteiger partial charge in [0.2, 0.25) is 0 Å². The summed E-state index contributed by atoms with van der Waals surface area (Å²) in [5.41, 5.74) is 0.446. The van der Waals surface area contributed by atoms with Crippen LogP contribution in [0.3, 0.4) is 0 Å². The Morgan fingerprint density at radius 1 is 1.41 bits per heavy atom. The summed E-state index contributed by atoms with van der Waals surface area (Å²) in [5, 5.41) is 8.67. The van der Waals surface area contributed by atoms with Crippen molar-refractivity contribution >= 4 is 51.9 Å². The van der Waals surface area contributed by atoms with Gasteiger partial charge in [0, 0.05) is 7.05 Å². The van der Waals surface area contributed by atoms with Crippen molar-refractivity contribution in [3.63, 3.8) is 0 Å². The molecule has 0 heterocycles. The van der Waals surface area contributed by atoms with Gasteiger partial charge >= 0.3 is 5.97 Å². The maximum Gasteiger partial charge on any atom is 0.314 e. The van der Waals surface area contributed by atoms with E-state index in [9.17, 15) is 9.59 Å². The third-order valence-corrected chi connectivity index (χ3v) is 3.61. The molecule has 7 heteroatoms. The molecule has 0 unspecified atom stereocenters. The summed E-state index contributed by atoms with van der Waals surface area (Å²) in [4.78, 5) is 23.2. The average Bonchev–Trinajstić information content (AvgIpc) is 2.28. The Kier molecular flexibility index (Phi) is 5.11. The molecule has 1 amide bonds. The highest BCUT2D eigenvalue weighted by Gasteiger charge is 2.16. The predicted octanol–water partition coefficient (Wildman–Crippen LogP) is 3.37. The third kappa shape index (κ3) is 3.80. The lowest BCUT2D eigenvalue weighted by atomic mass is 10.3. The van der Waals surface area contributed by atoms with Crippen LogP contribution >= 0.6 is 35.0 Å². The molecule has 17 heavy (non-hydrogen) atoms. The lowest BCUT2D eigenvalue weighted by Crippen LogP contribution is -2.23. The van der Waals surface area contributed by atoms with Gasteiger partial charge in [0.25, 0.3) is 5.24 Å². The number of benzene rings is 1. The zero-order valence-electron chi connectivity index (χ0n) is 8.81. The smallest absolute Gasteiger partial charge is 0.314 e. The lowest BCUT2D eigenvalue weighted by Gasteiger charge is -2.18. The monoisotopic (exact) mass is 293 g/mol. The first-order valence-corrected chi connectivity index (χ1v) is 6.24. The quantitative estimate of drug-likeness (QED) is 0.928. The Labute approximate surface area is 112 Å². The molecule has 0 atom stereocenters. The number of nitrogens with zero attached hydrogens (tertiary/aromatic N) is 1. The molecule has 0 aromatic heterocycles. The van der Waals surface area contributed by atoms with Gasteiger partial charge in [-0.2, -0.15) is 0 Å². The van der Waals surface area contributed by atoms with Crippen LogP contribution in [0.5, 0.6) is 0 Å². The van der Waals surface area contributed by atoms with Crippen molar-refractivity contribution in [1.82, 2.24) is 0 Å². The lowest BCUT2D eigenvalue weighted by molar-refractivity contribution is -0.133. The van der Waals surface area contributed by atoms with E-state index in [4.69, 9.17) is 28.3 Å². The van der Waals surface area contributed by atoms with Gasteiger partial charge in [-0.05, 0) is 12.1 Å². The molecule has 1 aromatic carbocycles. The zero-order valence-corrected chi connectivity index (χ0v) is 11.1. The van der Waals surface area contributed by atoms with E-state index in [1.807, 2.05) is 0 Å². The highest BCUT2D eigenvalue weighted by Crippen LogP contribution is 2.32. The van der Waals surface area contributed by atoms with Crippen LogP contribution in [0.25, 0.3) is 0 Å². The van der Waals surface area contributed by atoms with E-state index >= 15 is 0 Å². The van der Waals surface area contributed by atoms with E-state index in [1.54, 1.807) is 18.2 Å². The Morgan fingerprint density at radius 3 is 2.65 bits per heavy atom. The van der Waals surface area contributed by atoms with Crippen molar-refractivity contribution in [3.8, 4) is 0 Å². The fourth-order valence-electron chi connectivity index (χ4n) is 1.07. The molecule has 0 bridgehead atoms. The predicted molar refractivity (Wildman–Crippen MR) is 70.4 cm³/mol. The average molecular weight is 294 g/mol. The summed E-state index contributed by atoms with van der Waals surface area (Å²) in [6.07, 6.45) is 0. The minimum atomic E-state index is -1.05. The van der Waals surface area contributed by atoms with Crippen molar-refractivity contribution in [1.29, 1.82) is 0 Å². The Balaban J connectivity index is 2.81. The SMILES string of the molecule is CN(C(=O)SCC(=O)O)c1cccc(Cl)c1Cl. The maximum absolute atomic E-state index is 11.6. The summed E-state index contributed by atoms with van der Waals surface area (Å²) in [6, 6.07) is 4.90. The summed E-state index contributed by atoms with van der Waals surface area (Å²) in [6.45, 7) is 0. The van der Waals surface area contributed by atoms with Crippen molar-refractivity contribution < 1.29 is 14.7 Å². The van der Waals surface area contributed by atoms with Gasteiger partial charge in [-0.1, -0.05) is 41.0 Å². The third-order valence-electron chi connectivity index (χ3n) is 1.89. The van der Waals surface area contributed by atoms with Gasteiger partial charge in [-0.3, -0.25) is 9.59 Å². The number of aliphatic carboxylic acids is 1. The molecule has 0 spiro atoms. The largest absolute Gasteiger partial charge is 0.481 e. The molecule has 0 aliphatic rings. The highest BCUT2D eigenvalue weighted by atomic mass is 35.5. The van der Waals surface area contributed by atoms with Crippen LogP contribution in [0, 0.1) is 0 Å². The Hall–Kier alpha value is -0.910. The van der Waals surface area contributed by atoms with Crippen LogP contribution < -0.4 is 4.90 Å². The van der Waals surface area contributed by atoms with Crippen LogP contribution in [-0.4, -0.2) is 29.1 Å². The molecule has 0 aliphatic carbocycles. The number of amides is 1.